The van der Waals surface area contributed by atoms with Gasteiger partial charge in [0.25, 0.3) is 0 Å². The van der Waals surface area contributed by atoms with Crippen molar-refractivity contribution in [3.05, 3.63) is 64.9 Å². The first-order valence-electron chi connectivity index (χ1n) is 13.2. The first kappa shape index (κ1) is 25.2. The van der Waals surface area contributed by atoms with Crippen molar-refractivity contribution in [1.29, 1.82) is 0 Å². The molecule has 6 heteroatoms. The van der Waals surface area contributed by atoms with E-state index < -0.39 is 17.8 Å². The first-order chi connectivity index (χ1) is 17.2. The lowest BCUT2D eigenvalue weighted by atomic mass is 9.61. The van der Waals surface area contributed by atoms with Crippen LogP contribution in [0, 0.1) is 11.3 Å². The van der Waals surface area contributed by atoms with Crippen LogP contribution in [0.25, 0.3) is 16.3 Å². The van der Waals surface area contributed by atoms with Crippen molar-refractivity contribution in [2.75, 3.05) is 19.8 Å². The van der Waals surface area contributed by atoms with E-state index in [0.29, 0.717) is 43.8 Å². The molecule has 0 bridgehead atoms. The molecule has 1 aromatic heterocycles. The number of nitrogens with one attached hydrogen (secondary N) is 1. The highest BCUT2D eigenvalue weighted by Gasteiger charge is 2.50. The second kappa shape index (κ2) is 9.42. The number of nitrogens with two attached hydrogens (primary N) is 1. The van der Waals surface area contributed by atoms with Gasteiger partial charge in [0.05, 0.1) is 17.8 Å². The number of hydrogen-bond donors (Lipinski definition) is 5. The second-order valence-electron chi connectivity index (χ2n) is 11.3. The molecule has 4 aliphatic rings. The summed E-state index contributed by atoms with van der Waals surface area (Å²) >= 11 is 0. The van der Waals surface area contributed by atoms with E-state index in [0.717, 1.165) is 40.3 Å². The van der Waals surface area contributed by atoms with Crippen molar-refractivity contribution in [1.82, 2.24) is 10.3 Å². The van der Waals surface area contributed by atoms with Gasteiger partial charge in [-0.2, -0.15) is 0 Å². The molecule has 4 aliphatic carbocycles. The molecular formula is C30H39N3O3. The molecule has 5 atom stereocenters. The fourth-order valence-electron chi connectivity index (χ4n) is 7.06. The molecule has 6 nitrogen and oxygen atoms in total. The van der Waals surface area contributed by atoms with E-state index in [2.05, 4.69) is 41.5 Å². The van der Waals surface area contributed by atoms with Gasteiger partial charge in [0.2, 0.25) is 0 Å². The quantitative estimate of drug-likeness (QED) is 0.412. The maximum atomic E-state index is 11.4. The summed E-state index contributed by atoms with van der Waals surface area (Å²) < 4.78 is 0. The van der Waals surface area contributed by atoms with Gasteiger partial charge in [-0.1, -0.05) is 36.8 Å². The molecule has 0 aliphatic heterocycles. The van der Waals surface area contributed by atoms with E-state index in [1.807, 2.05) is 26.2 Å². The molecular weight excluding hydrogens is 450 g/mol. The van der Waals surface area contributed by atoms with Gasteiger partial charge in [-0.3, -0.25) is 0 Å². The van der Waals surface area contributed by atoms with E-state index in [-0.39, 0.29) is 5.41 Å². The molecule has 4 unspecified atom stereocenters. The Bertz CT molecular complexity index is 1270. The number of pyridine rings is 1. The van der Waals surface area contributed by atoms with Gasteiger partial charge in [-0.15, -0.1) is 0 Å². The van der Waals surface area contributed by atoms with Crippen molar-refractivity contribution in [2.24, 2.45) is 11.3 Å². The van der Waals surface area contributed by atoms with E-state index in [1.54, 1.807) is 6.20 Å². The number of aromatic nitrogens is 1. The van der Waals surface area contributed by atoms with Gasteiger partial charge >= 0.3 is 0 Å². The highest BCUT2D eigenvalue weighted by molar-refractivity contribution is 5.94. The minimum atomic E-state index is -0.857. The third-order valence-corrected chi connectivity index (χ3v) is 8.90. The SMILES string of the molecule is CC12CC(O)C3=C(CC[C@@]4(O)CCC(O)CC4=C3)C1CC=C2c1ccc2ccnc(N)c2c1.CNC. The number of rotatable bonds is 1. The van der Waals surface area contributed by atoms with Gasteiger partial charge < -0.3 is 26.4 Å². The van der Waals surface area contributed by atoms with Crippen molar-refractivity contribution in [2.45, 2.75) is 69.7 Å². The summed E-state index contributed by atoms with van der Waals surface area (Å²) in [5.41, 5.74) is 10.7. The molecule has 6 rings (SSSR count). The summed E-state index contributed by atoms with van der Waals surface area (Å²) in [6, 6.07) is 8.38. The summed E-state index contributed by atoms with van der Waals surface area (Å²) in [6.45, 7) is 2.28. The lowest BCUT2D eigenvalue weighted by Gasteiger charge is -2.43. The average molecular weight is 490 g/mol. The smallest absolute Gasteiger partial charge is 0.131 e. The zero-order valence-electron chi connectivity index (χ0n) is 21.6. The molecule has 0 radical (unpaired) electrons. The third kappa shape index (κ3) is 4.10. The second-order valence-corrected chi connectivity index (χ2v) is 11.3. The molecule has 6 N–H and O–H groups in total. The van der Waals surface area contributed by atoms with Crippen molar-refractivity contribution >= 4 is 22.2 Å². The Morgan fingerprint density at radius 1 is 1.14 bits per heavy atom. The van der Waals surface area contributed by atoms with Crippen molar-refractivity contribution in [3.8, 4) is 0 Å². The normalized spacial score (nSPS) is 33.4. The lowest BCUT2D eigenvalue weighted by molar-refractivity contribution is 0.00863. The summed E-state index contributed by atoms with van der Waals surface area (Å²) in [6.07, 6.45) is 9.88. The standard InChI is InChI=1S/C28H32N2O3.C2H7N/c1-27-15-25(32)22-14-18-13-19(31)6-9-28(18,33)10-7-20(22)24(27)5-4-23(27)17-3-2-16-8-11-30-26(29)21(16)12-17;1-3-2/h2-4,8,11-12,14,19,24-25,31-33H,5-7,9-10,13,15H2,1H3,(H2,29,30);3H,1-2H3/t19?,24?,25?,27?,28-;/m0./s1. The Hall–Kier alpha value is -2.51. The molecule has 1 heterocycles. The Labute approximate surface area is 213 Å². The molecule has 1 saturated carbocycles. The van der Waals surface area contributed by atoms with Crippen LogP contribution < -0.4 is 11.1 Å². The van der Waals surface area contributed by atoms with Crippen LogP contribution in [0.15, 0.2) is 59.3 Å². The highest BCUT2D eigenvalue weighted by Crippen LogP contribution is 2.60. The molecule has 1 fully saturated rings. The maximum absolute atomic E-state index is 11.4. The third-order valence-electron chi connectivity index (χ3n) is 8.90. The summed E-state index contributed by atoms with van der Waals surface area (Å²) in [4.78, 5) is 4.26. The zero-order chi connectivity index (χ0) is 25.7. The van der Waals surface area contributed by atoms with Crippen LogP contribution in [-0.4, -0.2) is 52.2 Å². The van der Waals surface area contributed by atoms with Gasteiger partial charge in [0.15, 0.2) is 0 Å². The number of allylic oxidation sites excluding steroid dienone is 3. The molecule has 0 saturated heterocycles. The fourth-order valence-corrected chi connectivity index (χ4v) is 7.06. The van der Waals surface area contributed by atoms with Crippen molar-refractivity contribution in [3.63, 3.8) is 0 Å². The van der Waals surface area contributed by atoms with Crippen LogP contribution in [0.2, 0.25) is 0 Å². The summed E-state index contributed by atoms with van der Waals surface area (Å²) in [7, 11) is 3.75. The fraction of sp³-hybridized carbons (Fsp3) is 0.500. The molecule has 192 valence electrons. The van der Waals surface area contributed by atoms with Crippen LogP contribution in [0.4, 0.5) is 5.82 Å². The predicted octanol–water partition coefficient (Wildman–Crippen LogP) is 4.12. The Kier molecular flexibility index (Phi) is 6.58. The topological polar surface area (TPSA) is 112 Å². The number of aliphatic hydroxyl groups excluding tert-OH is 2. The van der Waals surface area contributed by atoms with Gasteiger partial charge in [-0.25, -0.2) is 4.98 Å². The van der Waals surface area contributed by atoms with Crippen LogP contribution in [0.3, 0.4) is 0 Å². The first-order valence-corrected chi connectivity index (χ1v) is 13.2. The predicted molar refractivity (Wildman–Crippen MR) is 145 cm³/mol. The number of anilines is 1. The highest BCUT2D eigenvalue weighted by atomic mass is 16.3. The van der Waals surface area contributed by atoms with Gasteiger partial charge in [0, 0.05) is 17.0 Å². The van der Waals surface area contributed by atoms with Crippen LogP contribution in [0.1, 0.15) is 57.4 Å². The number of aliphatic hydroxyl groups is 3. The minimum absolute atomic E-state index is 0.181. The van der Waals surface area contributed by atoms with Crippen molar-refractivity contribution < 1.29 is 15.3 Å². The number of benzene rings is 1. The number of nitrogen functional groups attached to an aromatic ring is 1. The lowest BCUT2D eigenvalue weighted by Crippen LogP contribution is -2.38. The average Bonchev–Trinajstić information content (AvgIpc) is 3.09. The Morgan fingerprint density at radius 3 is 2.69 bits per heavy atom. The molecule has 2 aromatic rings. The number of nitrogens with zero attached hydrogens (tertiary/aromatic N) is 1. The summed E-state index contributed by atoms with van der Waals surface area (Å²) in [5.74, 6) is 0.843. The molecule has 0 amide bonds. The molecule has 0 spiro atoms. The monoisotopic (exact) mass is 489 g/mol. The maximum Gasteiger partial charge on any atom is 0.131 e. The van der Waals surface area contributed by atoms with E-state index in [1.165, 1.54) is 11.1 Å². The van der Waals surface area contributed by atoms with E-state index in [9.17, 15) is 15.3 Å². The van der Waals surface area contributed by atoms with Crippen LogP contribution in [-0.2, 0) is 0 Å². The van der Waals surface area contributed by atoms with E-state index >= 15 is 0 Å². The van der Waals surface area contributed by atoms with Gasteiger partial charge in [0.1, 0.15) is 5.82 Å². The summed E-state index contributed by atoms with van der Waals surface area (Å²) in [5, 5.41) is 37.7. The minimum Gasteiger partial charge on any atom is -0.393 e. The van der Waals surface area contributed by atoms with Gasteiger partial charge in [-0.05, 0) is 105 Å². The largest absolute Gasteiger partial charge is 0.393 e. The molecule has 36 heavy (non-hydrogen) atoms. The number of hydrogen-bond acceptors (Lipinski definition) is 6. The Balaban J connectivity index is 0.000000848. The van der Waals surface area contributed by atoms with E-state index in [4.69, 9.17) is 5.73 Å². The van der Waals surface area contributed by atoms with Crippen LogP contribution in [0.5, 0.6) is 0 Å². The number of fused-ring (bicyclic) bond motifs is 4. The van der Waals surface area contributed by atoms with Crippen LogP contribution >= 0.6 is 0 Å². The Morgan fingerprint density at radius 2 is 1.92 bits per heavy atom. The zero-order valence-corrected chi connectivity index (χ0v) is 21.6. The molecule has 1 aromatic carbocycles.